The topological polar surface area (TPSA) is 63.2 Å². The third kappa shape index (κ3) is 3.71. The summed E-state index contributed by atoms with van der Waals surface area (Å²) >= 11 is 0.974. The lowest BCUT2D eigenvalue weighted by Crippen LogP contribution is -2.10. The molecule has 1 amide bonds. The van der Waals surface area contributed by atoms with Crippen molar-refractivity contribution in [1.29, 1.82) is 0 Å². The maximum atomic E-state index is 12.7. The van der Waals surface area contributed by atoms with E-state index < -0.39 is 9.84 Å². The number of nitrogens with one attached hydrogen (secondary N) is 1. The molecule has 26 heavy (non-hydrogen) atoms. The van der Waals surface area contributed by atoms with Gasteiger partial charge in [0.1, 0.15) is 4.21 Å². The summed E-state index contributed by atoms with van der Waals surface area (Å²) in [7, 11) is -3.62. The molecule has 6 heteroatoms. The highest BCUT2D eigenvalue weighted by molar-refractivity contribution is 7.93. The Morgan fingerprint density at radius 2 is 1.58 bits per heavy atom. The van der Waals surface area contributed by atoms with Crippen LogP contribution in [0.1, 0.15) is 26.4 Å². The number of hydrogen-bond donors (Lipinski definition) is 1. The molecule has 0 aliphatic heterocycles. The number of sulfone groups is 1. The fourth-order valence-corrected chi connectivity index (χ4v) is 5.04. The van der Waals surface area contributed by atoms with Crippen molar-refractivity contribution >= 4 is 32.8 Å². The lowest BCUT2D eigenvalue weighted by molar-refractivity contribution is 0.103. The number of amides is 1. The van der Waals surface area contributed by atoms with E-state index in [-0.39, 0.29) is 15.0 Å². The van der Waals surface area contributed by atoms with Crippen LogP contribution in [0.2, 0.25) is 0 Å². The van der Waals surface area contributed by atoms with Gasteiger partial charge < -0.3 is 5.32 Å². The zero-order valence-corrected chi connectivity index (χ0v) is 16.4. The van der Waals surface area contributed by atoms with Crippen LogP contribution in [-0.4, -0.2) is 14.3 Å². The fraction of sp³-hybridized carbons (Fsp3) is 0.150. The first-order valence-corrected chi connectivity index (χ1v) is 10.4. The van der Waals surface area contributed by atoms with Gasteiger partial charge in [-0.3, -0.25) is 4.79 Å². The van der Waals surface area contributed by atoms with Crippen LogP contribution in [0.15, 0.2) is 63.7 Å². The minimum atomic E-state index is -3.62. The van der Waals surface area contributed by atoms with E-state index in [0.29, 0.717) is 10.6 Å². The van der Waals surface area contributed by atoms with Crippen molar-refractivity contribution in [2.45, 2.75) is 29.9 Å². The highest BCUT2D eigenvalue weighted by Gasteiger charge is 2.21. The van der Waals surface area contributed by atoms with Gasteiger partial charge in [-0.05, 0) is 68.3 Å². The molecule has 0 fully saturated rings. The summed E-state index contributed by atoms with van der Waals surface area (Å²) in [5, 5.41) is 2.81. The summed E-state index contributed by atoms with van der Waals surface area (Å²) in [6.07, 6.45) is 0. The maximum absolute atomic E-state index is 12.7. The Morgan fingerprint density at radius 3 is 2.23 bits per heavy atom. The second-order valence-electron chi connectivity index (χ2n) is 6.19. The lowest BCUT2D eigenvalue weighted by Gasteiger charge is -2.06. The van der Waals surface area contributed by atoms with Crippen molar-refractivity contribution in [3.8, 4) is 0 Å². The van der Waals surface area contributed by atoms with Crippen molar-refractivity contribution in [2.75, 3.05) is 5.32 Å². The van der Waals surface area contributed by atoms with Gasteiger partial charge in [0.2, 0.25) is 9.84 Å². The van der Waals surface area contributed by atoms with E-state index in [9.17, 15) is 13.2 Å². The number of carbonyl (C=O) groups excluding carboxylic acids is 1. The largest absolute Gasteiger partial charge is 0.321 e. The third-order valence-corrected chi connectivity index (χ3v) is 7.51. The monoisotopic (exact) mass is 385 g/mol. The number of hydrogen-bond acceptors (Lipinski definition) is 4. The molecule has 0 spiro atoms. The molecule has 0 aliphatic carbocycles. The molecule has 134 valence electrons. The van der Waals surface area contributed by atoms with Gasteiger partial charge in [-0.2, -0.15) is 0 Å². The molecule has 2 aromatic carbocycles. The molecule has 0 radical (unpaired) electrons. The average Bonchev–Trinajstić information content (AvgIpc) is 3.10. The number of benzene rings is 2. The molecule has 0 unspecified atom stereocenters. The fourth-order valence-electron chi connectivity index (χ4n) is 2.43. The van der Waals surface area contributed by atoms with Crippen LogP contribution in [0.25, 0.3) is 0 Å². The number of aryl methyl sites for hydroxylation is 3. The van der Waals surface area contributed by atoms with E-state index in [0.717, 1.165) is 28.0 Å². The Balaban J connectivity index is 1.83. The minimum absolute atomic E-state index is 0.159. The zero-order chi connectivity index (χ0) is 18.9. The molecule has 1 N–H and O–H groups in total. The highest BCUT2D eigenvalue weighted by atomic mass is 32.2. The zero-order valence-electron chi connectivity index (χ0n) is 14.7. The van der Waals surface area contributed by atoms with Gasteiger partial charge >= 0.3 is 0 Å². The molecule has 1 aromatic heterocycles. The molecule has 4 nitrogen and oxygen atoms in total. The first-order valence-electron chi connectivity index (χ1n) is 8.07. The molecule has 0 saturated carbocycles. The molecule has 0 atom stereocenters. The standard InChI is InChI=1S/C20H19NO3S2/c1-13-4-8-17(9-5-13)26(23,24)19-11-10-18(25-19)20(22)21-16-7-6-14(2)15(3)12-16/h4-12H,1-3H3,(H,21,22). The summed E-state index contributed by atoms with van der Waals surface area (Å²) in [6, 6.07) is 15.4. The minimum Gasteiger partial charge on any atom is -0.321 e. The second kappa shape index (κ2) is 7.05. The maximum Gasteiger partial charge on any atom is 0.265 e. The molecule has 0 bridgehead atoms. The van der Waals surface area contributed by atoms with Gasteiger partial charge in [0.25, 0.3) is 5.91 Å². The Morgan fingerprint density at radius 1 is 0.885 bits per heavy atom. The number of rotatable bonds is 4. The predicted octanol–water partition coefficient (Wildman–Crippen LogP) is 4.76. The van der Waals surface area contributed by atoms with Crippen molar-refractivity contribution in [1.82, 2.24) is 0 Å². The normalized spacial score (nSPS) is 11.3. The van der Waals surface area contributed by atoms with Gasteiger partial charge in [0.15, 0.2) is 0 Å². The van der Waals surface area contributed by atoms with Crippen LogP contribution in [-0.2, 0) is 9.84 Å². The Bertz CT molecular complexity index is 1060. The molecular weight excluding hydrogens is 366 g/mol. The van der Waals surface area contributed by atoms with E-state index >= 15 is 0 Å². The van der Waals surface area contributed by atoms with Gasteiger partial charge in [-0.25, -0.2) is 8.42 Å². The molecule has 1 heterocycles. The molecular formula is C20H19NO3S2. The van der Waals surface area contributed by atoms with Gasteiger partial charge in [0.05, 0.1) is 9.77 Å². The smallest absolute Gasteiger partial charge is 0.265 e. The van der Waals surface area contributed by atoms with Crippen LogP contribution < -0.4 is 5.32 Å². The van der Waals surface area contributed by atoms with Crippen LogP contribution >= 0.6 is 11.3 Å². The Kier molecular flexibility index (Phi) is 4.98. The average molecular weight is 386 g/mol. The van der Waals surface area contributed by atoms with Crippen molar-refractivity contribution in [3.63, 3.8) is 0 Å². The Labute approximate surface area is 157 Å². The van der Waals surface area contributed by atoms with Crippen LogP contribution in [0.3, 0.4) is 0 Å². The van der Waals surface area contributed by atoms with Crippen molar-refractivity contribution in [2.24, 2.45) is 0 Å². The quantitative estimate of drug-likeness (QED) is 0.704. The highest BCUT2D eigenvalue weighted by Crippen LogP contribution is 2.28. The summed E-state index contributed by atoms with van der Waals surface area (Å²) < 4.78 is 25.6. The summed E-state index contributed by atoms with van der Waals surface area (Å²) in [4.78, 5) is 13.0. The van der Waals surface area contributed by atoms with Gasteiger partial charge in [-0.1, -0.05) is 23.8 Å². The Hall–Kier alpha value is -2.44. The lowest BCUT2D eigenvalue weighted by atomic mass is 10.1. The van der Waals surface area contributed by atoms with Crippen molar-refractivity contribution in [3.05, 3.63) is 76.2 Å². The number of thiophene rings is 1. The van der Waals surface area contributed by atoms with E-state index in [1.165, 1.54) is 6.07 Å². The SMILES string of the molecule is Cc1ccc(S(=O)(=O)c2ccc(C(=O)Nc3ccc(C)c(C)c3)s2)cc1. The number of carbonyl (C=O) groups is 1. The second-order valence-corrected chi connectivity index (χ2v) is 9.45. The van der Waals surface area contributed by atoms with E-state index in [1.807, 2.05) is 39.0 Å². The molecule has 3 rings (SSSR count). The van der Waals surface area contributed by atoms with Crippen LogP contribution in [0, 0.1) is 20.8 Å². The molecule has 0 saturated heterocycles. The summed E-state index contributed by atoms with van der Waals surface area (Å²) in [5.41, 5.74) is 3.90. The van der Waals surface area contributed by atoms with E-state index in [1.54, 1.807) is 30.3 Å². The molecule has 3 aromatic rings. The predicted molar refractivity (Wildman–Crippen MR) is 105 cm³/mol. The molecule has 0 aliphatic rings. The van der Waals surface area contributed by atoms with Crippen molar-refractivity contribution < 1.29 is 13.2 Å². The van der Waals surface area contributed by atoms with E-state index in [4.69, 9.17) is 0 Å². The van der Waals surface area contributed by atoms with Gasteiger partial charge in [-0.15, -0.1) is 11.3 Å². The van der Waals surface area contributed by atoms with Gasteiger partial charge in [0, 0.05) is 5.69 Å². The summed E-state index contributed by atoms with van der Waals surface area (Å²) in [6.45, 7) is 5.88. The first kappa shape index (κ1) is 18.4. The third-order valence-electron chi connectivity index (χ3n) is 4.17. The van der Waals surface area contributed by atoms with Crippen LogP contribution in [0.4, 0.5) is 5.69 Å². The van der Waals surface area contributed by atoms with E-state index in [2.05, 4.69) is 5.32 Å². The number of anilines is 1. The van der Waals surface area contributed by atoms with Crippen LogP contribution in [0.5, 0.6) is 0 Å². The first-order chi connectivity index (χ1) is 12.3. The summed E-state index contributed by atoms with van der Waals surface area (Å²) in [5.74, 6) is -0.316.